The van der Waals surface area contributed by atoms with Gasteiger partial charge in [0.2, 0.25) is 0 Å². The third kappa shape index (κ3) is 25.4. The van der Waals surface area contributed by atoms with Crippen molar-refractivity contribution in [2.45, 2.75) is 53.6 Å². The van der Waals surface area contributed by atoms with Crippen molar-refractivity contribution in [3.05, 3.63) is 11.8 Å². The number of hydrogen-bond acceptors (Lipinski definition) is 4. The number of nitrogens with two attached hydrogens (primary N) is 1. The Hall–Kier alpha value is -0.870. The molecule has 0 spiro atoms. The minimum absolute atomic E-state index is 0.488. The highest BCUT2D eigenvalue weighted by atomic mass is 16.3. The summed E-state index contributed by atoms with van der Waals surface area (Å²) in [7, 11) is 3.75. The number of rotatable bonds is 4. The van der Waals surface area contributed by atoms with Gasteiger partial charge in [-0.25, -0.2) is 0 Å². The molecule has 0 aliphatic rings. The maximum Gasteiger partial charge on any atom is 0.0818 e. The fourth-order valence-electron chi connectivity index (χ4n) is 0.695. The van der Waals surface area contributed by atoms with E-state index >= 15 is 0 Å². The Labute approximate surface area is 108 Å². The van der Waals surface area contributed by atoms with Gasteiger partial charge < -0.3 is 21.6 Å². The topological polar surface area (TPSA) is 82.1 Å². The Morgan fingerprint density at radius 3 is 1.82 bits per heavy atom. The van der Waals surface area contributed by atoms with Crippen molar-refractivity contribution in [3.63, 3.8) is 0 Å². The molecule has 0 aliphatic carbocycles. The molecule has 0 saturated heterocycles. The van der Waals surface area contributed by atoms with Crippen LogP contribution in [0.2, 0.25) is 0 Å². The molecule has 0 bridgehead atoms. The predicted molar refractivity (Wildman–Crippen MR) is 79.6 cm³/mol. The molecule has 0 amide bonds. The molecular weight excluding hydrogens is 214 g/mol. The summed E-state index contributed by atoms with van der Waals surface area (Å²) in [5, 5.41) is 18.8. The Balaban J connectivity index is -0.000000102. The molecule has 106 valence electrons. The summed E-state index contributed by atoms with van der Waals surface area (Å²) in [5.41, 5.74) is 5.63. The van der Waals surface area contributed by atoms with E-state index in [0.29, 0.717) is 12.0 Å². The molecule has 0 aliphatic heterocycles. The Kier molecular flexibility index (Phi) is 43.5. The molecule has 0 heterocycles. The third-order valence-corrected chi connectivity index (χ3v) is 1.31. The summed E-state index contributed by atoms with van der Waals surface area (Å²) >= 11 is 0. The zero-order chi connectivity index (χ0) is 14.7. The fraction of sp³-hybridized carbons (Fsp3) is 0.769. The molecule has 0 radical (unpaired) electrons. The fourth-order valence-corrected chi connectivity index (χ4v) is 0.695. The van der Waals surface area contributed by atoms with Gasteiger partial charge in [0.25, 0.3) is 0 Å². The van der Waals surface area contributed by atoms with Gasteiger partial charge >= 0.3 is 0 Å². The van der Waals surface area contributed by atoms with Gasteiger partial charge in [-0.2, -0.15) is 0 Å². The first-order valence-corrected chi connectivity index (χ1v) is 6.36. The molecule has 0 fully saturated rings. The van der Waals surface area contributed by atoms with Crippen LogP contribution in [0.4, 0.5) is 0 Å². The summed E-state index contributed by atoms with van der Waals surface area (Å²) < 4.78 is 0. The molecular formula is C13H33N3O. The van der Waals surface area contributed by atoms with Crippen LogP contribution >= 0.6 is 0 Å². The standard InChI is InChI=1S/C7H14N2O.C2H7N.2C2H6/c1-2-3-7(10)6(4-8)5-9;1-3-2;2*1-2/h4-5,7-8,10H,2-3,9H2,1H3;3H,1-2H3;2*1-2H3/b6-5+,8-4?;;;. The number of aliphatic hydroxyl groups is 1. The second kappa shape index (κ2) is 29.4. The lowest BCUT2D eigenvalue weighted by Gasteiger charge is -2.07. The summed E-state index contributed by atoms with van der Waals surface area (Å²) in [6, 6.07) is 0. The summed E-state index contributed by atoms with van der Waals surface area (Å²) in [5.74, 6) is 0. The smallest absolute Gasteiger partial charge is 0.0818 e. The molecule has 1 atom stereocenters. The minimum Gasteiger partial charge on any atom is -0.404 e. The normalized spacial score (nSPS) is 10.5. The van der Waals surface area contributed by atoms with Crippen LogP contribution in [0.5, 0.6) is 0 Å². The van der Waals surface area contributed by atoms with E-state index in [2.05, 4.69) is 5.32 Å². The van der Waals surface area contributed by atoms with E-state index in [9.17, 15) is 5.11 Å². The number of nitrogens with one attached hydrogen (secondary N) is 2. The molecule has 1 unspecified atom stereocenters. The van der Waals surface area contributed by atoms with Crippen molar-refractivity contribution in [2.24, 2.45) is 5.73 Å². The molecule has 0 saturated carbocycles. The molecule has 17 heavy (non-hydrogen) atoms. The third-order valence-electron chi connectivity index (χ3n) is 1.31. The first-order chi connectivity index (χ1) is 8.17. The summed E-state index contributed by atoms with van der Waals surface area (Å²) in [4.78, 5) is 0. The minimum atomic E-state index is -0.563. The van der Waals surface area contributed by atoms with E-state index in [4.69, 9.17) is 11.1 Å². The van der Waals surface area contributed by atoms with E-state index in [1.165, 1.54) is 6.20 Å². The molecule has 0 rings (SSSR count). The second-order valence-corrected chi connectivity index (χ2v) is 2.62. The van der Waals surface area contributed by atoms with Gasteiger partial charge in [0.15, 0.2) is 0 Å². The van der Waals surface area contributed by atoms with Crippen LogP contribution in [0.1, 0.15) is 47.5 Å². The number of aliphatic hydroxyl groups excluding tert-OH is 1. The highest BCUT2D eigenvalue weighted by Crippen LogP contribution is 2.04. The lowest BCUT2D eigenvalue weighted by molar-refractivity contribution is 0.205. The van der Waals surface area contributed by atoms with E-state index in [0.717, 1.165) is 12.6 Å². The summed E-state index contributed by atoms with van der Waals surface area (Å²) in [6.45, 7) is 9.97. The molecule has 0 aromatic rings. The zero-order valence-electron chi connectivity index (χ0n) is 12.7. The van der Waals surface area contributed by atoms with Crippen molar-refractivity contribution in [2.75, 3.05) is 14.1 Å². The van der Waals surface area contributed by atoms with Gasteiger partial charge in [0.05, 0.1) is 6.10 Å². The quantitative estimate of drug-likeness (QED) is 0.576. The van der Waals surface area contributed by atoms with Crippen LogP contribution in [0, 0.1) is 5.41 Å². The van der Waals surface area contributed by atoms with Crippen molar-refractivity contribution < 1.29 is 5.11 Å². The molecule has 5 N–H and O–H groups in total. The highest BCUT2D eigenvalue weighted by Gasteiger charge is 2.05. The van der Waals surface area contributed by atoms with Gasteiger partial charge in [0, 0.05) is 18.0 Å². The van der Waals surface area contributed by atoms with Gasteiger partial charge in [-0.3, -0.25) is 0 Å². The molecule has 0 aromatic heterocycles. The van der Waals surface area contributed by atoms with Crippen LogP contribution in [-0.2, 0) is 0 Å². The average Bonchev–Trinajstić information content (AvgIpc) is 2.37. The zero-order valence-corrected chi connectivity index (χ0v) is 12.7. The predicted octanol–water partition coefficient (Wildman–Crippen LogP) is 2.53. The SMILES string of the molecule is CC.CC.CCCC(O)/C(C=N)=C/N.CNC. The van der Waals surface area contributed by atoms with Gasteiger partial charge in [0.1, 0.15) is 0 Å². The Bertz CT molecular complexity index is 148. The van der Waals surface area contributed by atoms with Crippen molar-refractivity contribution >= 4 is 6.21 Å². The average molecular weight is 247 g/mol. The largest absolute Gasteiger partial charge is 0.404 e. The van der Waals surface area contributed by atoms with Crippen LogP contribution in [0.15, 0.2) is 11.8 Å². The summed E-state index contributed by atoms with van der Waals surface area (Å²) in [6.07, 6.45) is 3.35. The van der Waals surface area contributed by atoms with Crippen LogP contribution in [0.25, 0.3) is 0 Å². The van der Waals surface area contributed by atoms with E-state index in [-0.39, 0.29) is 0 Å². The van der Waals surface area contributed by atoms with Gasteiger partial charge in [-0.05, 0) is 20.5 Å². The maximum atomic E-state index is 9.21. The number of hydrogen-bond donors (Lipinski definition) is 4. The monoisotopic (exact) mass is 247 g/mol. The highest BCUT2D eigenvalue weighted by molar-refractivity contribution is 5.76. The van der Waals surface area contributed by atoms with E-state index in [1.807, 2.05) is 48.7 Å². The lowest BCUT2D eigenvalue weighted by atomic mass is 10.1. The van der Waals surface area contributed by atoms with Crippen LogP contribution in [0.3, 0.4) is 0 Å². The Morgan fingerprint density at radius 2 is 1.65 bits per heavy atom. The molecule has 4 nitrogen and oxygen atoms in total. The molecule has 0 aromatic carbocycles. The van der Waals surface area contributed by atoms with Crippen LogP contribution in [-0.4, -0.2) is 31.5 Å². The van der Waals surface area contributed by atoms with Gasteiger partial charge in [-0.1, -0.05) is 41.0 Å². The Morgan fingerprint density at radius 1 is 1.29 bits per heavy atom. The van der Waals surface area contributed by atoms with Crippen molar-refractivity contribution in [1.82, 2.24) is 5.32 Å². The second-order valence-electron chi connectivity index (χ2n) is 2.62. The maximum absolute atomic E-state index is 9.21. The first-order valence-electron chi connectivity index (χ1n) is 6.36. The van der Waals surface area contributed by atoms with E-state index in [1.54, 1.807) is 0 Å². The first kappa shape index (κ1) is 25.1. The van der Waals surface area contributed by atoms with Crippen LogP contribution < -0.4 is 11.1 Å². The van der Waals surface area contributed by atoms with E-state index < -0.39 is 6.10 Å². The molecule has 4 heteroatoms. The lowest BCUT2D eigenvalue weighted by Crippen LogP contribution is -2.12. The van der Waals surface area contributed by atoms with Crippen molar-refractivity contribution in [1.29, 1.82) is 5.41 Å². The van der Waals surface area contributed by atoms with Gasteiger partial charge in [-0.15, -0.1) is 0 Å². The van der Waals surface area contributed by atoms with Crippen molar-refractivity contribution in [3.8, 4) is 0 Å².